The molecule has 1 aromatic rings. The smallest absolute Gasteiger partial charge is 0.253 e. The van der Waals surface area contributed by atoms with Crippen molar-refractivity contribution in [2.45, 2.75) is 52.2 Å². The highest BCUT2D eigenvalue weighted by atomic mass is 16.5. The molecule has 144 valence electrons. The third-order valence-corrected chi connectivity index (χ3v) is 4.83. The number of hydrogen-bond donors (Lipinski definition) is 2. The van der Waals surface area contributed by atoms with Gasteiger partial charge in [-0.1, -0.05) is 17.2 Å². The Hall–Kier alpha value is -1.92. The zero-order chi connectivity index (χ0) is 19.3. The Morgan fingerprint density at radius 3 is 2.35 bits per heavy atom. The average Bonchev–Trinajstić information content (AvgIpc) is 2.59. The van der Waals surface area contributed by atoms with Crippen molar-refractivity contribution in [3.8, 4) is 0 Å². The molecule has 6 nitrogen and oxygen atoms in total. The standard InChI is InChI=1S/C20H30N2O4/c1-5-26-16(4)18(23)21-13-20(25)6-8-22(9-7-20)19(24)17-11-14(2)10-15(3)12-17/h10-12,16,25H,5-9,13H2,1-4H3,(H,21,23). The Labute approximate surface area is 155 Å². The number of nitrogens with zero attached hydrogens (tertiary/aromatic N) is 1. The number of aryl methyl sites for hydroxylation is 2. The summed E-state index contributed by atoms with van der Waals surface area (Å²) in [5, 5.41) is 13.4. The lowest BCUT2D eigenvalue weighted by Gasteiger charge is -2.38. The lowest BCUT2D eigenvalue weighted by atomic mass is 9.90. The first kappa shape index (κ1) is 20.4. The molecular formula is C20H30N2O4. The van der Waals surface area contributed by atoms with E-state index >= 15 is 0 Å². The van der Waals surface area contributed by atoms with Gasteiger partial charge in [0.1, 0.15) is 6.10 Å². The van der Waals surface area contributed by atoms with Crippen molar-refractivity contribution in [3.05, 3.63) is 34.9 Å². The van der Waals surface area contributed by atoms with Crippen molar-refractivity contribution < 1.29 is 19.4 Å². The number of aliphatic hydroxyl groups is 1. The van der Waals surface area contributed by atoms with Gasteiger partial charge in [0.2, 0.25) is 5.91 Å². The molecule has 2 rings (SSSR count). The molecule has 1 aliphatic heterocycles. The predicted molar refractivity (Wildman–Crippen MR) is 100 cm³/mol. The van der Waals surface area contributed by atoms with Crippen LogP contribution in [-0.2, 0) is 9.53 Å². The molecule has 6 heteroatoms. The van der Waals surface area contributed by atoms with Crippen LogP contribution in [0, 0.1) is 13.8 Å². The Morgan fingerprint density at radius 1 is 1.23 bits per heavy atom. The van der Waals surface area contributed by atoms with Crippen molar-refractivity contribution in [2.75, 3.05) is 26.2 Å². The van der Waals surface area contributed by atoms with Crippen LogP contribution in [0.15, 0.2) is 18.2 Å². The maximum absolute atomic E-state index is 12.7. The second kappa shape index (κ2) is 8.64. The van der Waals surface area contributed by atoms with E-state index < -0.39 is 11.7 Å². The Morgan fingerprint density at radius 2 is 1.81 bits per heavy atom. The van der Waals surface area contributed by atoms with Crippen molar-refractivity contribution in [1.82, 2.24) is 10.2 Å². The van der Waals surface area contributed by atoms with Gasteiger partial charge in [0.25, 0.3) is 5.91 Å². The van der Waals surface area contributed by atoms with Crippen LogP contribution in [0.5, 0.6) is 0 Å². The molecule has 1 heterocycles. The molecule has 1 atom stereocenters. The van der Waals surface area contributed by atoms with Crippen molar-refractivity contribution in [2.24, 2.45) is 0 Å². The quantitative estimate of drug-likeness (QED) is 0.809. The van der Waals surface area contributed by atoms with E-state index in [1.54, 1.807) is 11.8 Å². The lowest BCUT2D eigenvalue weighted by Crippen LogP contribution is -2.53. The van der Waals surface area contributed by atoms with Crippen LogP contribution in [0.2, 0.25) is 0 Å². The molecule has 26 heavy (non-hydrogen) atoms. The number of benzene rings is 1. The molecule has 0 saturated carbocycles. The molecule has 0 aliphatic carbocycles. The molecule has 0 aromatic heterocycles. The van der Waals surface area contributed by atoms with Crippen molar-refractivity contribution >= 4 is 11.8 Å². The summed E-state index contributed by atoms with van der Waals surface area (Å²) >= 11 is 0. The van der Waals surface area contributed by atoms with E-state index in [1.807, 2.05) is 39.0 Å². The molecule has 2 N–H and O–H groups in total. The fourth-order valence-electron chi connectivity index (χ4n) is 3.30. The van der Waals surface area contributed by atoms with Gasteiger partial charge in [-0.15, -0.1) is 0 Å². The van der Waals surface area contributed by atoms with Crippen LogP contribution in [0.1, 0.15) is 48.2 Å². The molecule has 0 radical (unpaired) electrons. The summed E-state index contributed by atoms with van der Waals surface area (Å²) in [6, 6.07) is 5.83. The number of ether oxygens (including phenoxy) is 1. The summed E-state index contributed by atoms with van der Waals surface area (Å²) in [6.45, 7) is 9.06. The minimum Gasteiger partial charge on any atom is -0.388 e. The molecule has 0 spiro atoms. The van der Waals surface area contributed by atoms with Crippen LogP contribution >= 0.6 is 0 Å². The molecule has 0 bridgehead atoms. The highest BCUT2D eigenvalue weighted by molar-refractivity contribution is 5.94. The second-order valence-corrected chi connectivity index (χ2v) is 7.21. The Kier molecular flexibility index (Phi) is 6.78. The van der Waals surface area contributed by atoms with E-state index in [9.17, 15) is 14.7 Å². The molecule has 1 aromatic carbocycles. The van der Waals surface area contributed by atoms with Gasteiger partial charge in [0.15, 0.2) is 0 Å². The largest absolute Gasteiger partial charge is 0.388 e. The normalized spacial score (nSPS) is 17.7. The van der Waals surface area contributed by atoms with Crippen LogP contribution in [0.3, 0.4) is 0 Å². The minimum atomic E-state index is -0.985. The van der Waals surface area contributed by atoms with Gasteiger partial charge in [0, 0.05) is 31.8 Å². The fraction of sp³-hybridized carbons (Fsp3) is 0.600. The first-order valence-electron chi connectivity index (χ1n) is 9.23. The predicted octanol–water partition coefficient (Wildman–Crippen LogP) is 1.81. The Bertz CT molecular complexity index is 631. The van der Waals surface area contributed by atoms with E-state index in [1.165, 1.54) is 0 Å². The summed E-state index contributed by atoms with van der Waals surface area (Å²) in [5.74, 6) is -0.234. The lowest BCUT2D eigenvalue weighted by molar-refractivity contribution is -0.133. The molecule has 1 unspecified atom stereocenters. The number of rotatable bonds is 6. The summed E-state index contributed by atoms with van der Waals surface area (Å²) in [4.78, 5) is 26.4. The summed E-state index contributed by atoms with van der Waals surface area (Å²) in [5.41, 5.74) is 1.83. The topological polar surface area (TPSA) is 78.9 Å². The Balaban J connectivity index is 1.89. The SMILES string of the molecule is CCOC(C)C(=O)NCC1(O)CCN(C(=O)c2cc(C)cc(C)c2)CC1. The highest BCUT2D eigenvalue weighted by Crippen LogP contribution is 2.23. The maximum Gasteiger partial charge on any atom is 0.253 e. The zero-order valence-corrected chi connectivity index (χ0v) is 16.2. The molecule has 2 amide bonds. The van der Waals surface area contributed by atoms with Crippen LogP contribution in [-0.4, -0.2) is 59.8 Å². The summed E-state index contributed by atoms with van der Waals surface area (Å²) in [7, 11) is 0. The number of piperidine rings is 1. The van der Waals surface area contributed by atoms with E-state index in [0.717, 1.165) is 11.1 Å². The van der Waals surface area contributed by atoms with E-state index in [4.69, 9.17) is 4.74 Å². The van der Waals surface area contributed by atoms with Gasteiger partial charge in [-0.3, -0.25) is 9.59 Å². The summed E-state index contributed by atoms with van der Waals surface area (Å²) < 4.78 is 5.25. The number of nitrogens with one attached hydrogen (secondary N) is 1. The van der Waals surface area contributed by atoms with Gasteiger partial charge in [-0.05, 0) is 52.7 Å². The number of likely N-dealkylation sites (tertiary alicyclic amines) is 1. The van der Waals surface area contributed by atoms with Crippen LogP contribution in [0.4, 0.5) is 0 Å². The number of hydrogen-bond acceptors (Lipinski definition) is 4. The third-order valence-electron chi connectivity index (χ3n) is 4.83. The zero-order valence-electron chi connectivity index (χ0n) is 16.2. The monoisotopic (exact) mass is 362 g/mol. The van der Waals surface area contributed by atoms with Gasteiger partial charge >= 0.3 is 0 Å². The second-order valence-electron chi connectivity index (χ2n) is 7.21. The molecule has 1 fully saturated rings. The molecule has 1 saturated heterocycles. The highest BCUT2D eigenvalue weighted by Gasteiger charge is 2.34. The van der Waals surface area contributed by atoms with Gasteiger partial charge in [-0.2, -0.15) is 0 Å². The first-order valence-corrected chi connectivity index (χ1v) is 9.23. The van der Waals surface area contributed by atoms with Gasteiger partial charge < -0.3 is 20.1 Å². The van der Waals surface area contributed by atoms with E-state index in [-0.39, 0.29) is 18.4 Å². The van der Waals surface area contributed by atoms with E-state index in [2.05, 4.69) is 5.32 Å². The molecular weight excluding hydrogens is 332 g/mol. The third kappa shape index (κ3) is 5.29. The van der Waals surface area contributed by atoms with Crippen LogP contribution < -0.4 is 5.32 Å². The average molecular weight is 362 g/mol. The van der Waals surface area contributed by atoms with Crippen molar-refractivity contribution in [3.63, 3.8) is 0 Å². The maximum atomic E-state index is 12.7. The minimum absolute atomic E-state index is 0.00662. The van der Waals surface area contributed by atoms with Gasteiger partial charge in [0.05, 0.1) is 5.60 Å². The van der Waals surface area contributed by atoms with Crippen LogP contribution in [0.25, 0.3) is 0 Å². The number of carbonyl (C=O) groups is 2. The fourth-order valence-corrected chi connectivity index (χ4v) is 3.30. The molecule has 1 aliphatic rings. The van der Waals surface area contributed by atoms with Gasteiger partial charge in [-0.25, -0.2) is 0 Å². The first-order chi connectivity index (χ1) is 12.2. The summed E-state index contributed by atoms with van der Waals surface area (Å²) in [6.07, 6.45) is 0.342. The number of amides is 2. The van der Waals surface area contributed by atoms with E-state index in [0.29, 0.717) is 38.1 Å². The van der Waals surface area contributed by atoms with Crippen molar-refractivity contribution in [1.29, 1.82) is 0 Å². The number of carbonyl (C=O) groups excluding carboxylic acids is 2.